The van der Waals surface area contributed by atoms with Gasteiger partial charge >= 0.3 is 0 Å². The lowest BCUT2D eigenvalue weighted by atomic mass is 9.91. The predicted octanol–water partition coefficient (Wildman–Crippen LogP) is 2.88. The number of hydrogen-bond acceptors (Lipinski definition) is 3. The van der Waals surface area contributed by atoms with Crippen molar-refractivity contribution < 1.29 is 4.74 Å². The molecule has 3 heteroatoms. The highest BCUT2D eigenvalue weighted by Crippen LogP contribution is 2.37. The molecule has 0 spiro atoms. The minimum absolute atomic E-state index is 0.604. The molecular weight excluding hydrogens is 218 g/mol. The summed E-state index contributed by atoms with van der Waals surface area (Å²) in [5, 5.41) is 3.47. The van der Waals surface area contributed by atoms with Crippen molar-refractivity contribution in [2.24, 2.45) is 0 Å². The molecule has 1 fully saturated rings. The van der Waals surface area contributed by atoms with Crippen LogP contribution in [-0.2, 0) is 0 Å². The van der Waals surface area contributed by atoms with E-state index in [-0.39, 0.29) is 0 Å². The summed E-state index contributed by atoms with van der Waals surface area (Å²) >= 11 is 1.81. The lowest BCUT2D eigenvalue weighted by Gasteiger charge is -2.26. The van der Waals surface area contributed by atoms with Crippen LogP contribution < -0.4 is 10.1 Å². The normalized spacial score (nSPS) is 20.8. The Labute approximate surface area is 102 Å². The smallest absolute Gasteiger partial charge is 0.123 e. The Morgan fingerprint density at radius 2 is 2.31 bits per heavy atom. The Morgan fingerprint density at radius 3 is 2.94 bits per heavy atom. The average molecular weight is 237 g/mol. The van der Waals surface area contributed by atoms with Gasteiger partial charge in [0, 0.05) is 22.9 Å². The summed E-state index contributed by atoms with van der Waals surface area (Å²) in [6.45, 7) is 2.23. The molecule has 0 aliphatic carbocycles. The fourth-order valence-corrected chi connectivity index (χ4v) is 3.08. The molecule has 2 nitrogen and oxygen atoms in total. The van der Waals surface area contributed by atoms with Crippen LogP contribution in [0.25, 0.3) is 0 Å². The molecule has 0 aromatic heterocycles. The van der Waals surface area contributed by atoms with E-state index in [1.807, 2.05) is 11.8 Å². The molecule has 0 amide bonds. The van der Waals surface area contributed by atoms with Crippen molar-refractivity contribution in [1.29, 1.82) is 0 Å². The number of thioether (sulfide) groups is 1. The van der Waals surface area contributed by atoms with Gasteiger partial charge in [0.2, 0.25) is 0 Å². The van der Waals surface area contributed by atoms with E-state index >= 15 is 0 Å². The summed E-state index contributed by atoms with van der Waals surface area (Å²) in [7, 11) is 1.76. The van der Waals surface area contributed by atoms with Crippen molar-refractivity contribution in [3.05, 3.63) is 23.8 Å². The van der Waals surface area contributed by atoms with E-state index in [1.165, 1.54) is 23.3 Å². The van der Waals surface area contributed by atoms with Crippen molar-refractivity contribution in [1.82, 2.24) is 5.32 Å². The summed E-state index contributed by atoms with van der Waals surface area (Å²) in [5.74, 6) is 1.65. The van der Waals surface area contributed by atoms with Crippen LogP contribution in [0.3, 0.4) is 0 Å². The SMILES string of the molecule is COc1cccc(SC)c1C1CCCNC1. The molecule has 2 rings (SSSR count). The van der Waals surface area contributed by atoms with Crippen LogP contribution in [0.15, 0.2) is 23.1 Å². The molecule has 1 atom stereocenters. The van der Waals surface area contributed by atoms with Crippen molar-refractivity contribution in [3.8, 4) is 5.75 Å². The van der Waals surface area contributed by atoms with Gasteiger partial charge in [-0.2, -0.15) is 0 Å². The number of piperidine rings is 1. The van der Waals surface area contributed by atoms with E-state index in [2.05, 4.69) is 29.8 Å². The molecule has 0 bridgehead atoms. The number of ether oxygens (including phenoxy) is 1. The van der Waals surface area contributed by atoms with Crippen LogP contribution in [0.4, 0.5) is 0 Å². The monoisotopic (exact) mass is 237 g/mol. The quantitative estimate of drug-likeness (QED) is 0.817. The largest absolute Gasteiger partial charge is 0.496 e. The number of hydrogen-bond donors (Lipinski definition) is 1. The highest BCUT2D eigenvalue weighted by Gasteiger charge is 2.21. The third-order valence-electron chi connectivity index (χ3n) is 3.17. The zero-order valence-corrected chi connectivity index (χ0v) is 10.8. The summed E-state index contributed by atoms with van der Waals surface area (Å²) in [6.07, 6.45) is 4.66. The van der Waals surface area contributed by atoms with E-state index < -0.39 is 0 Å². The van der Waals surface area contributed by atoms with Crippen LogP contribution in [-0.4, -0.2) is 26.5 Å². The van der Waals surface area contributed by atoms with Gasteiger partial charge in [0.15, 0.2) is 0 Å². The topological polar surface area (TPSA) is 21.3 Å². The Balaban J connectivity index is 2.34. The van der Waals surface area contributed by atoms with Crippen molar-refractivity contribution >= 4 is 11.8 Å². The molecule has 1 aliphatic rings. The fourth-order valence-electron chi connectivity index (χ4n) is 2.38. The van der Waals surface area contributed by atoms with Gasteiger partial charge in [-0.15, -0.1) is 11.8 Å². The molecular formula is C13H19NOS. The standard InChI is InChI=1S/C13H19NOS/c1-15-11-6-3-7-12(16-2)13(11)10-5-4-8-14-9-10/h3,6-7,10,14H,4-5,8-9H2,1-2H3. The second kappa shape index (κ2) is 5.60. The van der Waals surface area contributed by atoms with Crippen molar-refractivity contribution in [3.63, 3.8) is 0 Å². The van der Waals surface area contributed by atoms with Gasteiger partial charge in [-0.3, -0.25) is 0 Å². The number of benzene rings is 1. The molecule has 1 aliphatic heterocycles. The van der Waals surface area contributed by atoms with Gasteiger partial charge in [-0.05, 0) is 37.8 Å². The van der Waals surface area contributed by atoms with E-state index in [0.29, 0.717) is 5.92 Å². The Kier molecular flexibility index (Phi) is 4.13. The molecule has 16 heavy (non-hydrogen) atoms. The van der Waals surface area contributed by atoms with Crippen LogP contribution in [0.2, 0.25) is 0 Å². The Hall–Kier alpha value is -0.670. The first-order valence-electron chi connectivity index (χ1n) is 5.78. The van der Waals surface area contributed by atoms with Gasteiger partial charge in [0.05, 0.1) is 7.11 Å². The first-order valence-corrected chi connectivity index (χ1v) is 7.01. The fraction of sp³-hybridized carbons (Fsp3) is 0.538. The molecule has 1 saturated heterocycles. The molecule has 0 saturated carbocycles. The summed E-state index contributed by atoms with van der Waals surface area (Å²) in [4.78, 5) is 1.35. The maximum atomic E-state index is 5.50. The second-order valence-corrected chi connectivity index (χ2v) is 4.97. The lowest BCUT2D eigenvalue weighted by molar-refractivity contribution is 0.389. The molecule has 1 aromatic carbocycles. The first-order chi connectivity index (χ1) is 7.86. The molecule has 1 aromatic rings. The highest BCUT2D eigenvalue weighted by molar-refractivity contribution is 7.98. The molecule has 1 unspecified atom stereocenters. The average Bonchev–Trinajstić information content (AvgIpc) is 2.38. The molecule has 0 radical (unpaired) electrons. The summed E-state index contributed by atoms with van der Waals surface area (Å²) < 4.78 is 5.50. The van der Waals surface area contributed by atoms with Gasteiger partial charge in [-0.1, -0.05) is 6.07 Å². The Bertz CT molecular complexity index is 326. The maximum Gasteiger partial charge on any atom is 0.123 e. The predicted molar refractivity (Wildman–Crippen MR) is 69.6 cm³/mol. The minimum Gasteiger partial charge on any atom is -0.496 e. The maximum absolute atomic E-state index is 5.50. The van der Waals surface area contributed by atoms with E-state index in [0.717, 1.165) is 18.8 Å². The van der Waals surface area contributed by atoms with E-state index in [9.17, 15) is 0 Å². The Morgan fingerprint density at radius 1 is 1.44 bits per heavy atom. The third-order valence-corrected chi connectivity index (χ3v) is 3.97. The molecule has 88 valence electrons. The lowest BCUT2D eigenvalue weighted by Crippen LogP contribution is -2.28. The van der Waals surface area contributed by atoms with Gasteiger partial charge in [0.25, 0.3) is 0 Å². The molecule has 1 heterocycles. The highest BCUT2D eigenvalue weighted by atomic mass is 32.2. The van der Waals surface area contributed by atoms with Crippen LogP contribution in [0.1, 0.15) is 24.3 Å². The third kappa shape index (κ3) is 2.36. The minimum atomic E-state index is 0.604. The van der Waals surface area contributed by atoms with Gasteiger partial charge < -0.3 is 10.1 Å². The van der Waals surface area contributed by atoms with Crippen molar-refractivity contribution in [2.75, 3.05) is 26.5 Å². The van der Waals surface area contributed by atoms with Gasteiger partial charge in [0.1, 0.15) is 5.75 Å². The number of rotatable bonds is 3. The van der Waals surface area contributed by atoms with Crippen LogP contribution >= 0.6 is 11.8 Å². The van der Waals surface area contributed by atoms with Crippen molar-refractivity contribution in [2.45, 2.75) is 23.7 Å². The zero-order chi connectivity index (χ0) is 11.4. The number of methoxy groups -OCH3 is 1. The second-order valence-electron chi connectivity index (χ2n) is 4.12. The molecule has 1 N–H and O–H groups in total. The zero-order valence-electron chi connectivity index (χ0n) is 9.95. The van der Waals surface area contributed by atoms with E-state index in [4.69, 9.17) is 4.74 Å². The first kappa shape index (κ1) is 11.8. The van der Waals surface area contributed by atoms with Gasteiger partial charge in [-0.25, -0.2) is 0 Å². The van der Waals surface area contributed by atoms with Crippen LogP contribution in [0.5, 0.6) is 5.75 Å². The van der Waals surface area contributed by atoms with E-state index in [1.54, 1.807) is 7.11 Å². The summed E-state index contributed by atoms with van der Waals surface area (Å²) in [6, 6.07) is 6.34. The summed E-state index contributed by atoms with van der Waals surface area (Å²) in [5.41, 5.74) is 1.39. The van der Waals surface area contributed by atoms with Crippen LogP contribution in [0, 0.1) is 0 Å². The number of nitrogens with one attached hydrogen (secondary N) is 1.